The highest BCUT2D eigenvalue weighted by atomic mass is 16.5. The van der Waals surface area contributed by atoms with Gasteiger partial charge in [-0.15, -0.1) is 0 Å². The number of benzene rings is 2. The molecule has 1 heterocycles. The molecule has 1 saturated heterocycles. The van der Waals surface area contributed by atoms with Gasteiger partial charge in [0.2, 0.25) is 5.91 Å². The lowest BCUT2D eigenvalue weighted by atomic mass is 10.1. The molecule has 1 aliphatic rings. The summed E-state index contributed by atoms with van der Waals surface area (Å²) in [4.78, 5) is 14.4. The van der Waals surface area contributed by atoms with Crippen LogP contribution in [0.2, 0.25) is 0 Å². The second kappa shape index (κ2) is 10.2. The molecule has 2 atom stereocenters. The fourth-order valence-corrected chi connectivity index (χ4v) is 3.50. The maximum atomic E-state index is 12.0. The molecule has 1 fully saturated rings. The van der Waals surface area contributed by atoms with Crippen molar-refractivity contribution in [2.45, 2.75) is 45.6 Å². The lowest BCUT2D eigenvalue weighted by Gasteiger charge is -2.35. The topological polar surface area (TPSA) is 50.8 Å². The van der Waals surface area contributed by atoms with Crippen LogP contribution in [0.4, 0.5) is 0 Å². The third-order valence-corrected chi connectivity index (χ3v) is 4.76. The van der Waals surface area contributed by atoms with E-state index in [2.05, 4.69) is 48.3 Å². The number of para-hydroxylation sites is 1. The fourth-order valence-electron chi connectivity index (χ4n) is 3.50. The molecule has 5 nitrogen and oxygen atoms in total. The Hall–Kier alpha value is -2.37. The van der Waals surface area contributed by atoms with Gasteiger partial charge in [0.05, 0.1) is 25.2 Å². The molecule has 0 aliphatic carbocycles. The smallest absolute Gasteiger partial charge is 0.223 e. The number of carbonyl (C=O) groups is 1. The van der Waals surface area contributed by atoms with E-state index in [0.29, 0.717) is 19.6 Å². The normalized spacial score (nSPS) is 19.9. The van der Waals surface area contributed by atoms with Gasteiger partial charge in [-0.3, -0.25) is 9.69 Å². The van der Waals surface area contributed by atoms with Gasteiger partial charge in [-0.2, -0.15) is 0 Å². The standard InChI is InChI=1S/C23H30N2O3/c1-18-15-25(16-19(2)28-18)17-21-10-8-20(9-11-21)14-24-23(26)12-13-27-22-6-4-3-5-7-22/h3-11,18-19H,12-17H2,1-2H3,(H,24,26)/t18-,19+. The maximum absolute atomic E-state index is 12.0. The van der Waals surface area contributed by atoms with Crippen LogP contribution in [-0.2, 0) is 22.6 Å². The van der Waals surface area contributed by atoms with E-state index in [1.54, 1.807) is 0 Å². The van der Waals surface area contributed by atoms with Crippen LogP contribution in [0, 0.1) is 0 Å². The molecule has 2 aromatic carbocycles. The lowest BCUT2D eigenvalue weighted by Crippen LogP contribution is -2.44. The molecule has 28 heavy (non-hydrogen) atoms. The van der Waals surface area contributed by atoms with Gasteiger partial charge in [-0.25, -0.2) is 0 Å². The Morgan fingerprint density at radius 1 is 1.04 bits per heavy atom. The van der Waals surface area contributed by atoms with E-state index >= 15 is 0 Å². The zero-order chi connectivity index (χ0) is 19.8. The summed E-state index contributed by atoms with van der Waals surface area (Å²) in [5, 5.41) is 2.95. The molecule has 0 saturated carbocycles. The third kappa shape index (κ3) is 6.66. The molecule has 2 aromatic rings. The number of hydrogen-bond donors (Lipinski definition) is 1. The van der Waals surface area contributed by atoms with Crippen molar-refractivity contribution >= 4 is 5.91 Å². The van der Waals surface area contributed by atoms with Gasteiger partial charge in [0.25, 0.3) is 0 Å². The van der Waals surface area contributed by atoms with E-state index in [1.165, 1.54) is 5.56 Å². The van der Waals surface area contributed by atoms with Gasteiger partial charge in [0, 0.05) is 26.2 Å². The van der Waals surface area contributed by atoms with Gasteiger partial charge in [-0.1, -0.05) is 42.5 Å². The molecule has 150 valence electrons. The minimum absolute atomic E-state index is 0.00343. The summed E-state index contributed by atoms with van der Waals surface area (Å²) in [6.07, 6.45) is 0.911. The first kappa shape index (κ1) is 20.4. The first-order chi connectivity index (χ1) is 13.6. The molecule has 0 aromatic heterocycles. The highest BCUT2D eigenvalue weighted by Crippen LogP contribution is 2.15. The second-order valence-electron chi connectivity index (χ2n) is 7.46. The Morgan fingerprint density at radius 2 is 1.68 bits per heavy atom. The van der Waals surface area contributed by atoms with Crippen LogP contribution in [-0.4, -0.2) is 42.7 Å². The van der Waals surface area contributed by atoms with Crippen molar-refractivity contribution < 1.29 is 14.3 Å². The molecular formula is C23H30N2O3. The van der Waals surface area contributed by atoms with Crippen LogP contribution in [0.25, 0.3) is 0 Å². The number of nitrogens with zero attached hydrogens (tertiary/aromatic N) is 1. The average Bonchev–Trinajstić information content (AvgIpc) is 2.67. The second-order valence-corrected chi connectivity index (χ2v) is 7.46. The Balaban J connectivity index is 1.37. The van der Waals surface area contributed by atoms with Gasteiger partial charge in [0.1, 0.15) is 5.75 Å². The largest absolute Gasteiger partial charge is 0.493 e. The van der Waals surface area contributed by atoms with Crippen molar-refractivity contribution in [3.63, 3.8) is 0 Å². The molecule has 1 N–H and O–H groups in total. The van der Waals surface area contributed by atoms with Crippen molar-refractivity contribution in [3.8, 4) is 5.75 Å². The van der Waals surface area contributed by atoms with Gasteiger partial charge >= 0.3 is 0 Å². The van der Waals surface area contributed by atoms with Crippen molar-refractivity contribution in [1.82, 2.24) is 10.2 Å². The van der Waals surface area contributed by atoms with Crippen LogP contribution in [0.5, 0.6) is 5.75 Å². The zero-order valence-corrected chi connectivity index (χ0v) is 16.8. The van der Waals surface area contributed by atoms with Gasteiger partial charge in [0.15, 0.2) is 0 Å². The van der Waals surface area contributed by atoms with E-state index < -0.39 is 0 Å². The summed E-state index contributed by atoms with van der Waals surface area (Å²) in [5.41, 5.74) is 2.39. The molecule has 5 heteroatoms. The first-order valence-electron chi connectivity index (χ1n) is 9.98. The number of nitrogens with one attached hydrogen (secondary N) is 1. The maximum Gasteiger partial charge on any atom is 0.223 e. The quantitative estimate of drug-likeness (QED) is 0.760. The van der Waals surface area contributed by atoms with Crippen molar-refractivity contribution in [1.29, 1.82) is 0 Å². The van der Waals surface area contributed by atoms with E-state index in [9.17, 15) is 4.79 Å². The minimum Gasteiger partial charge on any atom is -0.493 e. The third-order valence-electron chi connectivity index (χ3n) is 4.76. The van der Waals surface area contributed by atoms with Crippen LogP contribution >= 0.6 is 0 Å². The van der Waals surface area contributed by atoms with Crippen molar-refractivity contribution in [3.05, 3.63) is 65.7 Å². The number of morpholine rings is 1. The zero-order valence-electron chi connectivity index (χ0n) is 16.8. The SMILES string of the molecule is C[C@@H]1CN(Cc2ccc(CNC(=O)CCOc3ccccc3)cc2)C[C@H](C)O1. The molecule has 0 unspecified atom stereocenters. The van der Waals surface area contributed by atoms with Crippen molar-refractivity contribution in [2.24, 2.45) is 0 Å². The number of hydrogen-bond acceptors (Lipinski definition) is 4. The lowest BCUT2D eigenvalue weighted by molar-refractivity contribution is -0.121. The Kier molecular flexibility index (Phi) is 7.46. The summed E-state index contributed by atoms with van der Waals surface area (Å²) >= 11 is 0. The van der Waals surface area contributed by atoms with E-state index in [4.69, 9.17) is 9.47 Å². The van der Waals surface area contributed by atoms with Gasteiger partial charge in [-0.05, 0) is 37.1 Å². The van der Waals surface area contributed by atoms with Crippen LogP contribution < -0.4 is 10.1 Å². The number of rotatable bonds is 8. The minimum atomic E-state index is -0.00343. The summed E-state index contributed by atoms with van der Waals surface area (Å²) < 4.78 is 11.3. The molecular weight excluding hydrogens is 352 g/mol. The van der Waals surface area contributed by atoms with Gasteiger partial charge < -0.3 is 14.8 Å². The summed E-state index contributed by atoms with van der Waals surface area (Å²) in [6.45, 7) is 8.03. The van der Waals surface area contributed by atoms with Crippen LogP contribution in [0.3, 0.4) is 0 Å². The summed E-state index contributed by atoms with van der Waals surface area (Å²) in [6, 6.07) is 18.0. The number of carbonyl (C=O) groups excluding carboxylic acids is 1. The predicted molar refractivity (Wildman–Crippen MR) is 110 cm³/mol. The molecule has 1 amide bonds. The number of amides is 1. The predicted octanol–water partition coefficient (Wildman–Crippen LogP) is 3.38. The van der Waals surface area contributed by atoms with Crippen molar-refractivity contribution in [2.75, 3.05) is 19.7 Å². The highest BCUT2D eigenvalue weighted by molar-refractivity contribution is 5.76. The highest BCUT2D eigenvalue weighted by Gasteiger charge is 2.21. The molecule has 1 aliphatic heterocycles. The Bertz CT molecular complexity index is 723. The molecule has 0 radical (unpaired) electrons. The van der Waals surface area contributed by atoms with E-state index in [-0.39, 0.29) is 18.1 Å². The monoisotopic (exact) mass is 382 g/mol. The van der Waals surface area contributed by atoms with Crippen LogP contribution in [0.1, 0.15) is 31.4 Å². The van der Waals surface area contributed by atoms with E-state index in [1.807, 2.05) is 30.3 Å². The number of ether oxygens (including phenoxy) is 2. The Morgan fingerprint density at radius 3 is 2.36 bits per heavy atom. The summed E-state index contributed by atoms with van der Waals surface area (Å²) in [7, 11) is 0. The molecule has 0 bridgehead atoms. The average molecular weight is 383 g/mol. The molecule has 3 rings (SSSR count). The Labute approximate surface area is 167 Å². The van der Waals surface area contributed by atoms with Crippen LogP contribution in [0.15, 0.2) is 54.6 Å². The first-order valence-corrected chi connectivity index (χ1v) is 9.98. The summed E-state index contributed by atoms with van der Waals surface area (Å²) in [5.74, 6) is 0.784. The van der Waals surface area contributed by atoms with E-state index in [0.717, 1.165) is 30.9 Å². The molecule has 0 spiro atoms. The fraction of sp³-hybridized carbons (Fsp3) is 0.435.